The van der Waals surface area contributed by atoms with Crippen LogP contribution in [-0.4, -0.2) is 68.3 Å². The third-order valence-corrected chi connectivity index (χ3v) is 8.87. The predicted molar refractivity (Wildman–Crippen MR) is 137 cm³/mol. The molecular formula is C24H31N3O5S2. The highest BCUT2D eigenvalue weighted by atomic mass is 32.2. The smallest absolute Gasteiger partial charge is 0.259 e. The van der Waals surface area contributed by atoms with Gasteiger partial charge in [0.1, 0.15) is 0 Å². The number of ether oxygens (including phenoxy) is 2. The molecule has 34 heavy (non-hydrogen) atoms. The van der Waals surface area contributed by atoms with Gasteiger partial charge >= 0.3 is 0 Å². The Morgan fingerprint density at radius 3 is 2.50 bits per heavy atom. The van der Waals surface area contributed by atoms with Crippen molar-refractivity contribution < 1.29 is 17.9 Å². The fourth-order valence-corrected chi connectivity index (χ4v) is 7.02. The van der Waals surface area contributed by atoms with Crippen LogP contribution in [0.2, 0.25) is 0 Å². The van der Waals surface area contributed by atoms with E-state index in [0.717, 1.165) is 27.1 Å². The van der Waals surface area contributed by atoms with Crippen molar-refractivity contribution in [1.82, 2.24) is 13.8 Å². The lowest BCUT2D eigenvalue weighted by molar-refractivity contribution is 0.128. The molecule has 0 saturated carbocycles. The maximum Gasteiger partial charge on any atom is 0.259 e. The molecule has 8 nitrogen and oxygen atoms in total. The van der Waals surface area contributed by atoms with Gasteiger partial charge in [-0.05, 0) is 30.2 Å². The minimum absolute atomic E-state index is 0.0324. The van der Waals surface area contributed by atoms with E-state index >= 15 is 0 Å². The number of aryl methyl sites for hydroxylation is 1. The third kappa shape index (κ3) is 4.72. The Morgan fingerprint density at radius 2 is 1.85 bits per heavy atom. The standard InChI is InChI=1S/C24H31N3O5S2/c1-6-17-13-26(9-10-27(17)34(5,29)30)14-18-12-19-23(33-18)20(15-25(2)24(19)28)16-7-8-21(31-3)22(11-16)32-4/h7-8,11-12,15,17H,6,9-10,13-14H2,1-5H3/t17-/m0/s1. The van der Waals surface area contributed by atoms with Gasteiger partial charge in [-0.1, -0.05) is 13.0 Å². The number of aromatic nitrogens is 1. The van der Waals surface area contributed by atoms with Gasteiger partial charge in [-0.25, -0.2) is 8.42 Å². The number of hydrogen-bond acceptors (Lipinski definition) is 7. The molecule has 1 fully saturated rings. The van der Waals surface area contributed by atoms with E-state index < -0.39 is 10.0 Å². The second kappa shape index (κ2) is 9.69. The fourth-order valence-electron chi connectivity index (χ4n) is 4.63. The second-order valence-corrected chi connectivity index (χ2v) is 11.7. The largest absolute Gasteiger partial charge is 0.493 e. The van der Waals surface area contributed by atoms with E-state index in [2.05, 4.69) is 4.90 Å². The molecule has 0 radical (unpaired) electrons. The van der Waals surface area contributed by atoms with E-state index in [0.29, 0.717) is 43.1 Å². The monoisotopic (exact) mass is 505 g/mol. The van der Waals surface area contributed by atoms with Crippen LogP contribution in [0, 0.1) is 0 Å². The molecule has 1 saturated heterocycles. The Morgan fingerprint density at radius 1 is 1.12 bits per heavy atom. The van der Waals surface area contributed by atoms with Crippen LogP contribution < -0.4 is 15.0 Å². The maximum absolute atomic E-state index is 12.9. The molecule has 3 aromatic rings. The lowest BCUT2D eigenvalue weighted by Crippen LogP contribution is -2.54. The number of pyridine rings is 1. The van der Waals surface area contributed by atoms with Gasteiger partial charge in [0.05, 0.1) is 25.9 Å². The summed E-state index contributed by atoms with van der Waals surface area (Å²) in [5.41, 5.74) is 1.87. The summed E-state index contributed by atoms with van der Waals surface area (Å²) in [6.45, 7) is 4.53. The summed E-state index contributed by atoms with van der Waals surface area (Å²) in [6, 6.07) is 7.71. The number of nitrogens with zero attached hydrogens (tertiary/aromatic N) is 3. The molecule has 0 amide bonds. The molecule has 10 heteroatoms. The lowest BCUT2D eigenvalue weighted by atomic mass is 10.1. The van der Waals surface area contributed by atoms with Crippen molar-refractivity contribution in [3.8, 4) is 22.6 Å². The summed E-state index contributed by atoms with van der Waals surface area (Å²) < 4.78 is 39.3. The topological polar surface area (TPSA) is 81.1 Å². The fraction of sp³-hybridized carbons (Fsp3) is 0.458. The van der Waals surface area contributed by atoms with Gasteiger partial charge in [-0.3, -0.25) is 9.69 Å². The average molecular weight is 506 g/mol. The summed E-state index contributed by atoms with van der Waals surface area (Å²) in [4.78, 5) is 16.3. The van der Waals surface area contributed by atoms with Crippen LogP contribution in [0.1, 0.15) is 18.2 Å². The van der Waals surface area contributed by atoms with Crippen LogP contribution in [0.25, 0.3) is 21.2 Å². The first-order valence-corrected chi connectivity index (χ1v) is 13.9. The first kappa shape index (κ1) is 24.7. The van der Waals surface area contributed by atoms with Crippen LogP contribution in [0.15, 0.2) is 35.3 Å². The van der Waals surface area contributed by atoms with Gasteiger partial charge in [0.2, 0.25) is 10.0 Å². The lowest BCUT2D eigenvalue weighted by Gasteiger charge is -2.39. The van der Waals surface area contributed by atoms with Gasteiger partial charge in [0.25, 0.3) is 5.56 Å². The average Bonchev–Trinajstić information content (AvgIpc) is 3.24. The molecule has 1 atom stereocenters. The van der Waals surface area contributed by atoms with E-state index in [9.17, 15) is 13.2 Å². The Labute approximate surface area is 204 Å². The van der Waals surface area contributed by atoms with Crippen LogP contribution in [-0.2, 0) is 23.6 Å². The van der Waals surface area contributed by atoms with Gasteiger partial charge in [-0.15, -0.1) is 11.3 Å². The number of rotatable bonds is 7. The molecule has 0 aliphatic carbocycles. The Kier molecular flexibility index (Phi) is 7.04. The van der Waals surface area contributed by atoms with Crippen molar-refractivity contribution in [2.24, 2.45) is 7.05 Å². The first-order chi connectivity index (χ1) is 16.2. The summed E-state index contributed by atoms with van der Waals surface area (Å²) >= 11 is 1.61. The predicted octanol–water partition coefficient (Wildman–Crippen LogP) is 3.14. The summed E-state index contributed by atoms with van der Waals surface area (Å²) in [6.07, 6.45) is 3.91. The first-order valence-electron chi connectivity index (χ1n) is 11.2. The van der Waals surface area contributed by atoms with Crippen LogP contribution in [0.3, 0.4) is 0 Å². The number of sulfonamides is 1. The van der Waals surface area contributed by atoms with E-state index in [4.69, 9.17) is 9.47 Å². The number of piperazine rings is 1. The molecule has 0 bridgehead atoms. The highest BCUT2D eigenvalue weighted by Gasteiger charge is 2.31. The van der Waals surface area contributed by atoms with Crippen LogP contribution >= 0.6 is 11.3 Å². The number of thiophene rings is 1. The SMILES string of the molecule is CC[C@H]1CN(Cc2cc3c(=O)n(C)cc(-c4ccc(OC)c(OC)c4)c3s2)CCN1S(C)(=O)=O. The molecule has 3 heterocycles. The van der Waals surface area contributed by atoms with Gasteiger partial charge in [-0.2, -0.15) is 4.31 Å². The van der Waals surface area contributed by atoms with E-state index in [-0.39, 0.29) is 11.6 Å². The van der Waals surface area contributed by atoms with Crippen LogP contribution in [0.5, 0.6) is 11.5 Å². The van der Waals surface area contributed by atoms with Gasteiger partial charge < -0.3 is 14.0 Å². The molecular weight excluding hydrogens is 474 g/mol. The quantitative estimate of drug-likeness (QED) is 0.491. The molecule has 4 rings (SSSR count). The Balaban J connectivity index is 1.68. The molecule has 1 aromatic carbocycles. The molecule has 1 aliphatic rings. The zero-order valence-electron chi connectivity index (χ0n) is 20.2. The summed E-state index contributed by atoms with van der Waals surface area (Å²) in [5, 5.41) is 0.691. The maximum atomic E-state index is 12.9. The van der Waals surface area contributed by atoms with Crippen molar-refractivity contribution in [2.75, 3.05) is 40.1 Å². The second-order valence-electron chi connectivity index (χ2n) is 8.66. The molecule has 0 unspecified atom stereocenters. The van der Waals surface area contributed by atoms with Gasteiger partial charge in [0.15, 0.2) is 11.5 Å². The number of hydrogen-bond donors (Lipinski definition) is 0. The highest BCUT2D eigenvalue weighted by Crippen LogP contribution is 2.38. The zero-order valence-corrected chi connectivity index (χ0v) is 21.8. The molecule has 2 aromatic heterocycles. The number of benzene rings is 1. The molecule has 184 valence electrons. The molecule has 0 spiro atoms. The Bertz CT molecular complexity index is 1360. The van der Waals surface area contributed by atoms with Crippen molar-refractivity contribution in [3.05, 3.63) is 45.7 Å². The minimum atomic E-state index is -3.22. The molecule has 1 aliphatic heterocycles. The summed E-state index contributed by atoms with van der Waals surface area (Å²) in [7, 11) is 1.76. The van der Waals surface area contributed by atoms with E-state index in [1.54, 1.807) is 41.5 Å². The van der Waals surface area contributed by atoms with Gasteiger partial charge in [0, 0.05) is 60.6 Å². The van der Waals surface area contributed by atoms with Crippen molar-refractivity contribution in [1.29, 1.82) is 0 Å². The number of fused-ring (bicyclic) bond motifs is 1. The van der Waals surface area contributed by atoms with Crippen molar-refractivity contribution >= 4 is 31.4 Å². The zero-order chi connectivity index (χ0) is 24.6. The minimum Gasteiger partial charge on any atom is -0.493 e. The molecule has 0 N–H and O–H groups in total. The third-order valence-electron chi connectivity index (χ3n) is 6.39. The normalized spacial score (nSPS) is 17.9. The van der Waals surface area contributed by atoms with E-state index in [1.807, 2.05) is 37.4 Å². The van der Waals surface area contributed by atoms with Crippen LogP contribution in [0.4, 0.5) is 0 Å². The number of methoxy groups -OCH3 is 2. The van der Waals surface area contributed by atoms with Crippen molar-refractivity contribution in [3.63, 3.8) is 0 Å². The van der Waals surface area contributed by atoms with Crippen molar-refractivity contribution in [2.45, 2.75) is 25.9 Å². The highest BCUT2D eigenvalue weighted by molar-refractivity contribution is 7.88. The Hall–Kier alpha value is -2.40. The summed E-state index contributed by atoms with van der Waals surface area (Å²) in [5.74, 6) is 1.28. The van der Waals surface area contributed by atoms with E-state index in [1.165, 1.54) is 6.26 Å².